The van der Waals surface area contributed by atoms with Crippen LogP contribution in [-0.4, -0.2) is 34.4 Å². The lowest BCUT2D eigenvalue weighted by atomic mass is 9.97. The van der Waals surface area contributed by atoms with E-state index in [1.165, 1.54) is 22.2 Å². The van der Waals surface area contributed by atoms with Gasteiger partial charge in [-0.15, -0.1) is 0 Å². The molecule has 0 bridgehead atoms. The Kier molecular flexibility index (Phi) is 3.57. The summed E-state index contributed by atoms with van der Waals surface area (Å²) in [5, 5.41) is 1.17. The summed E-state index contributed by atoms with van der Waals surface area (Å²) in [5.41, 5.74) is 6.13. The third-order valence-electron chi connectivity index (χ3n) is 5.61. The van der Waals surface area contributed by atoms with E-state index in [0.717, 1.165) is 17.5 Å². The molecule has 0 radical (unpaired) electrons. The lowest BCUT2D eigenvalue weighted by Gasteiger charge is -2.32. The number of nitrogens with one attached hydrogen (secondary N) is 1. The number of H-pyrrole nitrogens is 1. The van der Waals surface area contributed by atoms with Crippen LogP contribution in [0.25, 0.3) is 10.9 Å². The molecule has 0 aliphatic carbocycles. The fraction of sp³-hybridized carbons (Fsp3) is 0.273. The summed E-state index contributed by atoms with van der Waals surface area (Å²) in [7, 11) is 0. The number of nitrogens with zero attached hydrogens (tertiary/aromatic N) is 1. The molecule has 0 saturated heterocycles. The molecule has 1 atom stereocenters. The minimum atomic E-state index is -0.735. The fourth-order valence-electron chi connectivity index (χ4n) is 4.19. The van der Waals surface area contributed by atoms with Crippen LogP contribution in [0.2, 0.25) is 0 Å². The van der Waals surface area contributed by atoms with Gasteiger partial charge in [0, 0.05) is 48.1 Å². The van der Waals surface area contributed by atoms with Gasteiger partial charge in [0.2, 0.25) is 0 Å². The Bertz CT molecular complexity index is 1080. The number of carbonyl (C=O) groups excluding carboxylic acids is 2. The van der Waals surface area contributed by atoms with Gasteiger partial charge in [0.25, 0.3) is 5.91 Å². The zero-order chi connectivity index (χ0) is 18.5. The molecule has 1 amide bonds. The Morgan fingerprint density at radius 3 is 2.96 bits per heavy atom. The number of ether oxygens (including phenoxy) is 1. The van der Waals surface area contributed by atoms with E-state index in [1.54, 1.807) is 6.07 Å². The standard InChI is InChI=1S/C22H20N2O3/c1-13-6-7-18-16(10-13)17-12-24(9-8-19(17)23-18)21(25)20-11-14-4-2-3-5-15(14)22(26)27-20/h2-7,10,20,23H,8-9,11-12H2,1H3/t20-/m0/s1. The van der Waals surface area contributed by atoms with Crippen LogP contribution >= 0.6 is 0 Å². The van der Waals surface area contributed by atoms with Crippen LogP contribution in [0, 0.1) is 6.92 Å². The van der Waals surface area contributed by atoms with Gasteiger partial charge in [-0.05, 0) is 30.7 Å². The zero-order valence-electron chi connectivity index (χ0n) is 15.1. The van der Waals surface area contributed by atoms with Gasteiger partial charge in [-0.3, -0.25) is 4.79 Å². The van der Waals surface area contributed by atoms with Crippen molar-refractivity contribution in [1.29, 1.82) is 0 Å². The summed E-state index contributed by atoms with van der Waals surface area (Å²) in [6, 6.07) is 13.7. The number of fused-ring (bicyclic) bond motifs is 4. The Labute approximate surface area is 156 Å². The van der Waals surface area contributed by atoms with Crippen molar-refractivity contribution >= 4 is 22.8 Å². The first-order valence-electron chi connectivity index (χ1n) is 9.28. The molecule has 0 spiro atoms. The SMILES string of the molecule is Cc1ccc2[nH]c3c(c2c1)CN(C(=O)[C@@H]1Cc2ccccc2C(=O)O1)CC3. The molecular weight excluding hydrogens is 340 g/mol. The number of aryl methyl sites for hydroxylation is 1. The first-order chi connectivity index (χ1) is 13.1. The third kappa shape index (κ3) is 2.62. The number of aromatic nitrogens is 1. The summed E-state index contributed by atoms with van der Waals surface area (Å²) in [6.07, 6.45) is 0.490. The van der Waals surface area contributed by atoms with Crippen molar-refractivity contribution in [3.8, 4) is 0 Å². The van der Waals surface area contributed by atoms with Crippen LogP contribution in [0.4, 0.5) is 0 Å². The van der Waals surface area contributed by atoms with Crippen LogP contribution in [0.1, 0.15) is 32.7 Å². The molecule has 0 fully saturated rings. The largest absolute Gasteiger partial charge is 0.448 e. The van der Waals surface area contributed by atoms with E-state index in [9.17, 15) is 9.59 Å². The molecule has 3 heterocycles. The van der Waals surface area contributed by atoms with Gasteiger partial charge in [0.15, 0.2) is 6.10 Å². The van der Waals surface area contributed by atoms with E-state index >= 15 is 0 Å². The molecule has 5 heteroatoms. The van der Waals surface area contributed by atoms with E-state index in [1.807, 2.05) is 23.1 Å². The van der Waals surface area contributed by atoms with Crippen molar-refractivity contribution in [1.82, 2.24) is 9.88 Å². The van der Waals surface area contributed by atoms with Crippen molar-refractivity contribution in [2.45, 2.75) is 32.4 Å². The predicted molar refractivity (Wildman–Crippen MR) is 102 cm³/mol. The van der Waals surface area contributed by atoms with Crippen LogP contribution in [0.5, 0.6) is 0 Å². The highest BCUT2D eigenvalue weighted by Crippen LogP contribution is 2.30. The maximum atomic E-state index is 13.1. The number of carbonyl (C=O) groups is 2. The number of hydrogen-bond acceptors (Lipinski definition) is 3. The highest BCUT2D eigenvalue weighted by atomic mass is 16.5. The zero-order valence-corrected chi connectivity index (χ0v) is 15.1. The Morgan fingerprint density at radius 2 is 2.07 bits per heavy atom. The number of rotatable bonds is 1. The normalized spacial score (nSPS) is 18.8. The second kappa shape index (κ2) is 5.98. The molecule has 5 rings (SSSR count). The van der Waals surface area contributed by atoms with E-state index in [4.69, 9.17) is 4.74 Å². The molecular formula is C22H20N2O3. The number of hydrogen-bond donors (Lipinski definition) is 1. The fourth-order valence-corrected chi connectivity index (χ4v) is 4.19. The van der Waals surface area contributed by atoms with E-state index < -0.39 is 12.1 Å². The topological polar surface area (TPSA) is 62.4 Å². The maximum Gasteiger partial charge on any atom is 0.339 e. The van der Waals surface area contributed by atoms with Gasteiger partial charge in [0.1, 0.15) is 0 Å². The summed E-state index contributed by atoms with van der Waals surface area (Å²) in [6.45, 7) is 3.25. The van der Waals surface area contributed by atoms with Crippen molar-refractivity contribution in [3.63, 3.8) is 0 Å². The number of aromatic amines is 1. The van der Waals surface area contributed by atoms with Crippen molar-refractivity contribution in [2.75, 3.05) is 6.54 Å². The molecule has 27 heavy (non-hydrogen) atoms. The van der Waals surface area contributed by atoms with Crippen LogP contribution in [0.15, 0.2) is 42.5 Å². The summed E-state index contributed by atoms with van der Waals surface area (Å²) in [5.74, 6) is -0.513. The van der Waals surface area contributed by atoms with Crippen molar-refractivity contribution in [2.24, 2.45) is 0 Å². The Balaban J connectivity index is 1.42. The Hall–Kier alpha value is -3.08. The smallest absolute Gasteiger partial charge is 0.339 e. The molecule has 1 N–H and O–H groups in total. The molecule has 0 saturated carbocycles. The van der Waals surface area contributed by atoms with Gasteiger partial charge in [-0.25, -0.2) is 4.79 Å². The van der Waals surface area contributed by atoms with Gasteiger partial charge >= 0.3 is 5.97 Å². The van der Waals surface area contributed by atoms with Gasteiger partial charge < -0.3 is 14.6 Å². The molecule has 1 aromatic heterocycles. The first kappa shape index (κ1) is 16.1. The maximum absolute atomic E-state index is 13.1. The van der Waals surface area contributed by atoms with Gasteiger partial charge in [-0.2, -0.15) is 0 Å². The number of benzene rings is 2. The highest BCUT2D eigenvalue weighted by Gasteiger charge is 2.35. The molecule has 5 nitrogen and oxygen atoms in total. The molecule has 3 aromatic rings. The lowest BCUT2D eigenvalue weighted by molar-refractivity contribution is -0.142. The van der Waals surface area contributed by atoms with Gasteiger partial charge in [0.05, 0.1) is 5.56 Å². The minimum Gasteiger partial charge on any atom is -0.448 e. The lowest BCUT2D eigenvalue weighted by Crippen LogP contribution is -2.46. The quantitative estimate of drug-likeness (QED) is 0.678. The van der Waals surface area contributed by atoms with E-state index in [-0.39, 0.29) is 5.91 Å². The summed E-state index contributed by atoms with van der Waals surface area (Å²) in [4.78, 5) is 30.6. The molecule has 2 aliphatic rings. The van der Waals surface area contributed by atoms with E-state index in [2.05, 4.69) is 30.1 Å². The second-order valence-corrected chi connectivity index (χ2v) is 7.40. The highest BCUT2D eigenvalue weighted by molar-refractivity contribution is 5.96. The summed E-state index contributed by atoms with van der Waals surface area (Å²) < 4.78 is 5.47. The minimum absolute atomic E-state index is 0.106. The van der Waals surface area contributed by atoms with Crippen LogP contribution < -0.4 is 0 Å². The molecule has 2 aromatic carbocycles. The van der Waals surface area contributed by atoms with E-state index in [0.29, 0.717) is 25.1 Å². The predicted octanol–water partition coefficient (Wildman–Crippen LogP) is 3.14. The van der Waals surface area contributed by atoms with Crippen molar-refractivity contribution in [3.05, 3.63) is 70.4 Å². The number of esters is 1. The molecule has 2 aliphatic heterocycles. The average Bonchev–Trinajstić information content (AvgIpc) is 3.04. The molecule has 136 valence electrons. The van der Waals surface area contributed by atoms with Crippen LogP contribution in [-0.2, 0) is 28.9 Å². The Morgan fingerprint density at radius 1 is 1.22 bits per heavy atom. The number of amides is 1. The molecule has 0 unspecified atom stereocenters. The second-order valence-electron chi connectivity index (χ2n) is 7.40. The first-order valence-corrected chi connectivity index (χ1v) is 9.28. The van der Waals surface area contributed by atoms with Crippen LogP contribution in [0.3, 0.4) is 0 Å². The average molecular weight is 360 g/mol. The van der Waals surface area contributed by atoms with Gasteiger partial charge in [-0.1, -0.05) is 29.8 Å². The monoisotopic (exact) mass is 360 g/mol. The summed E-state index contributed by atoms with van der Waals surface area (Å²) >= 11 is 0. The number of cyclic esters (lactones) is 1. The third-order valence-corrected chi connectivity index (χ3v) is 5.61. The van der Waals surface area contributed by atoms with Crippen molar-refractivity contribution < 1.29 is 14.3 Å².